The molecular weight excluding hydrogens is 391 g/mol. The maximum absolute atomic E-state index is 13.6. The van der Waals surface area contributed by atoms with Gasteiger partial charge < -0.3 is 13.8 Å². The third-order valence-corrected chi connectivity index (χ3v) is 5.10. The van der Waals surface area contributed by atoms with Crippen LogP contribution in [0, 0.1) is 0 Å². The van der Waals surface area contributed by atoms with Gasteiger partial charge in [0, 0.05) is 0 Å². The van der Waals surface area contributed by atoms with E-state index in [0.29, 0.717) is 5.56 Å². The number of hydrogen-bond donors (Lipinski definition) is 0. The largest absolute Gasteiger partial charge is 0.588 e. The molecule has 3 aromatic carbocycles. The second-order valence-electron chi connectivity index (χ2n) is 5.90. The van der Waals surface area contributed by atoms with Crippen LogP contribution in [0.4, 0.5) is 0 Å². The van der Waals surface area contributed by atoms with Gasteiger partial charge in [-0.3, -0.25) is 0 Å². The fourth-order valence-electron chi connectivity index (χ4n) is 2.50. The topological polar surface area (TPSA) is 71.1 Å². The Morgan fingerprint density at radius 2 is 1.24 bits per heavy atom. The highest BCUT2D eigenvalue weighted by atomic mass is 31.2. The first-order valence-corrected chi connectivity index (χ1v) is 10.5. The number of phosphoric ester groups is 1. The zero-order chi connectivity index (χ0) is 20.5. The van der Waals surface area contributed by atoms with Gasteiger partial charge >= 0.3 is 13.8 Å². The summed E-state index contributed by atoms with van der Waals surface area (Å²) in [7, 11) is -4.26. The highest BCUT2D eigenvalue weighted by Crippen LogP contribution is 2.53. The van der Waals surface area contributed by atoms with E-state index < -0.39 is 19.9 Å². The van der Waals surface area contributed by atoms with E-state index in [1.807, 2.05) is 0 Å². The molecule has 1 unspecified atom stereocenters. The van der Waals surface area contributed by atoms with E-state index >= 15 is 0 Å². The van der Waals surface area contributed by atoms with Crippen LogP contribution < -0.4 is 9.05 Å². The molecule has 0 aliphatic heterocycles. The Labute approximate surface area is 169 Å². The number of hydrogen-bond acceptors (Lipinski definition) is 6. The van der Waals surface area contributed by atoms with E-state index in [0.717, 1.165) is 0 Å². The molecule has 0 heterocycles. The lowest BCUT2D eigenvalue weighted by molar-refractivity contribution is -0.152. The molecule has 0 spiro atoms. The normalized spacial score (nSPS) is 12.0. The number of carbonyl (C=O) groups is 1. The second kappa shape index (κ2) is 9.92. The zero-order valence-corrected chi connectivity index (χ0v) is 16.7. The number of ether oxygens (including phenoxy) is 1. The Kier molecular flexibility index (Phi) is 7.06. The number of rotatable bonds is 9. The van der Waals surface area contributed by atoms with Crippen molar-refractivity contribution < 1.29 is 27.7 Å². The Morgan fingerprint density at radius 1 is 0.793 bits per heavy atom. The van der Waals surface area contributed by atoms with Crippen molar-refractivity contribution in [3.8, 4) is 11.5 Å². The quantitative estimate of drug-likeness (QED) is 0.338. The molecule has 0 aliphatic carbocycles. The molecule has 0 amide bonds. The summed E-state index contributed by atoms with van der Waals surface area (Å²) < 4.78 is 35.5. The van der Waals surface area contributed by atoms with Gasteiger partial charge in [0.05, 0.1) is 6.61 Å². The van der Waals surface area contributed by atoms with Gasteiger partial charge in [0.15, 0.2) is 6.10 Å². The number of phosphoric acid groups is 1. The summed E-state index contributed by atoms with van der Waals surface area (Å²) in [6, 6.07) is 25.6. The van der Waals surface area contributed by atoms with Crippen LogP contribution >= 0.6 is 7.82 Å². The molecule has 0 aliphatic rings. The number of benzene rings is 3. The van der Waals surface area contributed by atoms with Crippen LogP contribution in [0.25, 0.3) is 0 Å². The summed E-state index contributed by atoms with van der Waals surface area (Å²) in [4.78, 5) is 12.5. The third-order valence-electron chi connectivity index (χ3n) is 3.76. The fourth-order valence-corrected chi connectivity index (χ4v) is 3.85. The second-order valence-corrected chi connectivity index (χ2v) is 7.37. The summed E-state index contributed by atoms with van der Waals surface area (Å²) in [5, 5.41) is 0. The predicted octanol–water partition coefficient (Wildman–Crippen LogP) is 5.57. The van der Waals surface area contributed by atoms with Crippen molar-refractivity contribution in [1.29, 1.82) is 0 Å². The summed E-state index contributed by atoms with van der Waals surface area (Å²) >= 11 is 0. The summed E-state index contributed by atoms with van der Waals surface area (Å²) in [5.41, 5.74) is 0.472. The molecule has 0 N–H and O–H groups in total. The first-order chi connectivity index (χ1) is 14.1. The standard InChI is InChI=1S/C22H21O6P/c1-2-25-22(23)21(18-12-6-3-7-13-18)28-29(24,26-19-14-8-4-9-15-19)27-20-16-10-5-11-17-20/h3-17,21H,2H2,1H3. The minimum Gasteiger partial charge on any atom is -0.464 e. The van der Waals surface area contributed by atoms with E-state index in [1.165, 1.54) is 0 Å². The van der Waals surface area contributed by atoms with Gasteiger partial charge in [-0.25, -0.2) is 13.9 Å². The Bertz CT molecular complexity index is 901. The van der Waals surface area contributed by atoms with Crippen LogP contribution in [0.3, 0.4) is 0 Å². The minimum absolute atomic E-state index is 0.148. The van der Waals surface area contributed by atoms with Gasteiger partial charge in [0.2, 0.25) is 0 Å². The lowest BCUT2D eigenvalue weighted by atomic mass is 10.1. The van der Waals surface area contributed by atoms with Gasteiger partial charge in [-0.1, -0.05) is 66.7 Å². The van der Waals surface area contributed by atoms with E-state index in [4.69, 9.17) is 18.3 Å². The molecule has 1 atom stereocenters. The van der Waals surface area contributed by atoms with Crippen molar-refractivity contribution in [2.75, 3.05) is 6.61 Å². The monoisotopic (exact) mass is 412 g/mol. The van der Waals surface area contributed by atoms with Crippen molar-refractivity contribution in [3.05, 3.63) is 96.6 Å². The van der Waals surface area contributed by atoms with E-state index in [9.17, 15) is 9.36 Å². The number of carbonyl (C=O) groups excluding carboxylic acids is 1. The Balaban J connectivity index is 1.94. The molecule has 0 bridgehead atoms. The van der Waals surface area contributed by atoms with Crippen LogP contribution in [0.5, 0.6) is 11.5 Å². The molecule has 6 nitrogen and oxygen atoms in total. The molecule has 3 aromatic rings. The molecule has 29 heavy (non-hydrogen) atoms. The molecular formula is C22H21O6P. The van der Waals surface area contributed by atoms with Crippen molar-refractivity contribution in [2.24, 2.45) is 0 Å². The minimum atomic E-state index is -4.26. The molecule has 0 radical (unpaired) electrons. The smallest absolute Gasteiger partial charge is 0.464 e. The predicted molar refractivity (Wildman–Crippen MR) is 109 cm³/mol. The maximum Gasteiger partial charge on any atom is 0.588 e. The first-order valence-electron chi connectivity index (χ1n) is 9.09. The van der Waals surface area contributed by atoms with Crippen LogP contribution in [-0.4, -0.2) is 12.6 Å². The van der Waals surface area contributed by atoms with Gasteiger partial charge in [0.25, 0.3) is 0 Å². The highest BCUT2D eigenvalue weighted by molar-refractivity contribution is 7.49. The first kappa shape index (κ1) is 20.6. The molecule has 0 aromatic heterocycles. The molecule has 150 valence electrons. The summed E-state index contributed by atoms with van der Waals surface area (Å²) in [6.45, 7) is 1.83. The molecule has 3 rings (SSSR count). The molecule has 0 saturated heterocycles. The van der Waals surface area contributed by atoms with Crippen molar-refractivity contribution >= 4 is 13.8 Å². The van der Waals surface area contributed by atoms with Gasteiger partial charge in [-0.2, -0.15) is 0 Å². The van der Waals surface area contributed by atoms with Crippen molar-refractivity contribution in [1.82, 2.24) is 0 Å². The van der Waals surface area contributed by atoms with Gasteiger partial charge in [0.1, 0.15) is 11.5 Å². The van der Waals surface area contributed by atoms with E-state index in [2.05, 4.69) is 0 Å². The van der Waals surface area contributed by atoms with Crippen LogP contribution in [0.15, 0.2) is 91.0 Å². The lowest BCUT2D eigenvalue weighted by Crippen LogP contribution is -2.20. The fraction of sp³-hybridized carbons (Fsp3) is 0.136. The third kappa shape index (κ3) is 5.95. The number of esters is 1. The van der Waals surface area contributed by atoms with E-state index in [1.54, 1.807) is 97.9 Å². The highest BCUT2D eigenvalue weighted by Gasteiger charge is 2.39. The average molecular weight is 412 g/mol. The SMILES string of the molecule is CCOC(=O)C(OP(=O)(Oc1ccccc1)Oc1ccccc1)c1ccccc1. The summed E-state index contributed by atoms with van der Waals surface area (Å²) in [5.74, 6) is -0.128. The Morgan fingerprint density at radius 3 is 1.69 bits per heavy atom. The average Bonchev–Trinajstić information content (AvgIpc) is 2.74. The van der Waals surface area contributed by atoms with Crippen LogP contribution in [0.1, 0.15) is 18.6 Å². The van der Waals surface area contributed by atoms with Crippen LogP contribution in [-0.2, 0) is 18.6 Å². The lowest BCUT2D eigenvalue weighted by Gasteiger charge is -2.23. The summed E-state index contributed by atoms with van der Waals surface area (Å²) in [6.07, 6.45) is -1.28. The molecule has 7 heteroatoms. The maximum atomic E-state index is 13.6. The van der Waals surface area contributed by atoms with Crippen molar-refractivity contribution in [3.63, 3.8) is 0 Å². The Hall–Kier alpha value is -3.08. The molecule has 0 fully saturated rings. The van der Waals surface area contributed by atoms with E-state index in [-0.39, 0.29) is 18.1 Å². The number of para-hydroxylation sites is 2. The van der Waals surface area contributed by atoms with Gasteiger partial charge in [-0.05, 0) is 36.8 Å². The van der Waals surface area contributed by atoms with Crippen molar-refractivity contribution in [2.45, 2.75) is 13.0 Å². The van der Waals surface area contributed by atoms with Gasteiger partial charge in [-0.15, -0.1) is 0 Å². The zero-order valence-electron chi connectivity index (χ0n) is 15.8. The molecule has 0 saturated carbocycles. The van der Waals surface area contributed by atoms with Crippen LogP contribution in [0.2, 0.25) is 0 Å².